The highest BCUT2D eigenvalue weighted by Crippen LogP contribution is 2.23. The summed E-state index contributed by atoms with van der Waals surface area (Å²) in [6.07, 6.45) is 0.277. The lowest BCUT2D eigenvalue weighted by Gasteiger charge is -2.31. The molecule has 0 spiro atoms. The van der Waals surface area contributed by atoms with E-state index in [1.807, 2.05) is 30.3 Å². The SMILES string of the molecule is CCNC(=O)[C@H](Cc1ccccc1)N(Cc1ccccc1F)C(=O)COc1ccccc1Cl. The van der Waals surface area contributed by atoms with Crippen LogP contribution >= 0.6 is 11.6 Å². The molecule has 0 aliphatic rings. The van der Waals surface area contributed by atoms with E-state index in [2.05, 4.69) is 5.32 Å². The Hall–Kier alpha value is -3.38. The van der Waals surface area contributed by atoms with Gasteiger partial charge in [-0.1, -0.05) is 72.3 Å². The first kappa shape index (κ1) is 24.3. The molecule has 0 aromatic heterocycles. The molecule has 0 aliphatic carbocycles. The van der Waals surface area contributed by atoms with Gasteiger partial charge in [-0.2, -0.15) is 0 Å². The average Bonchev–Trinajstić information content (AvgIpc) is 2.82. The van der Waals surface area contributed by atoms with Crippen LogP contribution in [0.2, 0.25) is 5.02 Å². The number of amides is 2. The van der Waals surface area contributed by atoms with Crippen LogP contribution < -0.4 is 10.1 Å². The van der Waals surface area contributed by atoms with E-state index < -0.39 is 17.8 Å². The molecule has 5 nitrogen and oxygen atoms in total. The maximum absolute atomic E-state index is 14.5. The van der Waals surface area contributed by atoms with Crippen LogP contribution in [-0.4, -0.2) is 35.9 Å². The van der Waals surface area contributed by atoms with Crippen LogP contribution in [0, 0.1) is 5.82 Å². The Labute approximate surface area is 198 Å². The van der Waals surface area contributed by atoms with E-state index in [1.165, 1.54) is 11.0 Å². The minimum Gasteiger partial charge on any atom is -0.482 e. The Balaban J connectivity index is 1.91. The van der Waals surface area contributed by atoms with Crippen molar-refractivity contribution >= 4 is 23.4 Å². The fraction of sp³-hybridized carbons (Fsp3) is 0.231. The van der Waals surface area contributed by atoms with Gasteiger partial charge >= 0.3 is 0 Å². The number of benzene rings is 3. The van der Waals surface area contributed by atoms with Gasteiger partial charge in [-0.15, -0.1) is 0 Å². The molecule has 3 aromatic carbocycles. The summed E-state index contributed by atoms with van der Waals surface area (Å²) in [4.78, 5) is 27.7. The Kier molecular flexibility index (Phi) is 8.84. The molecule has 172 valence electrons. The highest BCUT2D eigenvalue weighted by molar-refractivity contribution is 6.32. The van der Waals surface area contributed by atoms with Crippen molar-refractivity contribution in [2.45, 2.75) is 25.9 Å². The molecule has 0 unspecified atom stereocenters. The number of para-hydroxylation sites is 1. The Morgan fingerprint density at radius 3 is 2.36 bits per heavy atom. The fourth-order valence-corrected chi connectivity index (χ4v) is 3.63. The number of ether oxygens (including phenoxy) is 1. The molecule has 1 N–H and O–H groups in total. The van der Waals surface area contributed by atoms with E-state index in [4.69, 9.17) is 16.3 Å². The first-order valence-electron chi connectivity index (χ1n) is 10.7. The number of nitrogens with one attached hydrogen (secondary N) is 1. The highest BCUT2D eigenvalue weighted by atomic mass is 35.5. The van der Waals surface area contributed by atoms with Gasteiger partial charge in [-0.05, 0) is 30.7 Å². The van der Waals surface area contributed by atoms with Crippen LogP contribution in [0.15, 0.2) is 78.9 Å². The van der Waals surface area contributed by atoms with E-state index in [1.54, 1.807) is 49.4 Å². The molecule has 2 amide bonds. The molecule has 0 saturated heterocycles. The third kappa shape index (κ3) is 6.80. The predicted octanol–water partition coefficient (Wildman–Crippen LogP) is 4.63. The van der Waals surface area contributed by atoms with E-state index in [9.17, 15) is 14.0 Å². The summed E-state index contributed by atoms with van der Waals surface area (Å²) in [7, 11) is 0. The maximum atomic E-state index is 14.5. The number of hydrogen-bond acceptors (Lipinski definition) is 3. The monoisotopic (exact) mass is 468 g/mol. The molecule has 3 rings (SSSR count). The van der Waals surface area contributed by atoms with Crippen LogP contribution in [0.4, 0.5) is 4.39 Å². The number of likely N-dealkylation sites (N-methyl/N-ethyl adjacent to an activating group) is 1. The molecule has 33 heavy (non-hydrogen) atoms. The number of hydrogen-bond donors (Lipinski definition) is 1. The summed E-state index contributed by atoms with van der Waals surface area (Å²) in [5, 5.41) is 3.17. The van der Waals surface area contributed by atoms with Gasteiger partial charge in [0.05, 0.1) is 5.02 Å². The molecular weight excluding hydrogens is 443 g/mol. The van der Waals surface area contributed by atoms with Crippen molar-refractivity contribution in [3.63, 3.8) is 0 Å². The topological polar surface area (TPSA) is 58.6 Å². The molecule has 0 saturated carbocycles. The number of nitrogens with zero attached hydrogens (tertiary/aromatic N) is 1. The third-order valence-corrected chi connectivity index (χ3v) is 5.42. The second kappa shape index (κ2) is 12.0. The molecular formula is C26H26ClFN2O3. The number of halogens is 2. The summed E-state index contributed by atoms with van der Waals surface area (Å²) in [6.45, 7) is 1.79. The van der Waals surface area contributed by atoms with Crippen LogP contribution in [0.1, 0.15) is 18.1 Å². The normalized spacial score (nSPS) is 11.5. The minimum atomic E-state index is -0.852. The second-order valence-electron chi connectivity index (χ2n) is 7.43. The molecule has 0 heterocycles. The average molecular weight is 469 g/mol. The van der Waals surface area contributed by atoms with Crippen LogP contribution in [0.5, 0.6) is 5.75 Å². The zero-order valence-corrected chi connectivity index (χ0v) is 19.1. The van der Waals surface area contributed by atoms with Crippen molar-refractivity contribution in [2.24, 2.45) is 0 Å². The minimum absolute atomic E-state index is 0.0774. The van der Waals surface area contributed by atoms with E-state index in [0.29, 0.717) is 22.9 Å². The second-order valence-corrected chi connectivity index (χ2v) is 7.84. The number of rotatable bonds is 10. The van der Waals surface area contributed by atoms with Gasteiger partial charge < -0.3 is 15.0 Å². The number of carbonyl (C=O) groups is 2. The molecule has 0 fully saturated rings. The van der Waals surface area contributed by atoms with Crippen molar-refractivity contribution in [2.75, 3.05) is 13.2 Å². The van der Waals surface area contributed by atoms with E-state index >= 15 is 0 Å². The quantitative estimate of drug-likeness (QED) is 0.472. The summed E-state index contributed by atoms with van der Waals surface area (Å²) in [5.41, 5.74) is 1.19. The van der Waals surface area contributed by atoms with Gasteiger partial charge in [0.15, 0.2) is 6.61 Å². The smallest absolute Gasteiger partial charge is 0.261 e. The molecule has 7 heteroatoms. The van der Waals surface area contributed by atoms with Gasteiger partial charge in [0, 0.05) is 25.1 Å². The number of carbonyl (C=O) groups excluding carboxylic acids is 2. The lowest BCUT2D eigenvalue weighted by Crippen LogP contribution is -2.51. The first-order valence-corrected chi connectivity index (χ1v) is 11.1. The van der Waals surface area contributed by atoms with Crippen molar-refractivity contribution in [1.82, 2.24) is 10.2 Å². The predicted molar refractivity (Wildman–Crippen MR) is 127 cm³/mol. The lowest BCUT2D eigenvalue weighted by molar-refractivity contribution is -0.142. The third-order valence-electron chi connectivity index (χ3n) is 5.11. The fourth-order valence-electron chi connectivity index (χ4n) is 3.44. The lowest BCUT2D eigenvalue weighted by atomic mass is 10.0. The van der Waals surface area contributed by atoms with Crippen molar-refractivity contribution in [1.29, 1.82) is 0 Å². The van der Waals surface area contributed by atoms with Gasteiger partial charge in [0.2, 0.25) is 5.91 Å². The Bertz CT molecular complexity index is 1080. The standard InChI is InChI=1S/C26H26ClFN2O3/c1-2-29-26(32)23(16-19-10-4-3-5-11-19)30(17-20-12-6-8-14-22(20)28)25(31)18-33-24-15-9-7-13-21(24)27/h3-15,23H,2,16-18H2,1H3,(H,29,32)/t23-/m0/s1. The van der Waals surface area contributed by atoms with Crippen molar-refractivity contribution in [3.8, 4) is 5.75 Å². The van der Waals surface area contributed by atoms with Gasteiger partial charge in [0.25, 0.3) is 5.91 Å². The highest BCUT2D eigenvalue weighted by Gasteiger charge is 2.31. The Morgan fingerprint density at radius 1 is 1.00 bits per heavy atom. The van der Waals surface area contributed by atoms with Crippen molar-refractivity contribution in [3.05, 3.63) is 101 Å². The summed E-state index contributed by atoms with van der Waals surface area (Å²) in [5.74, 6) is -0.859. The summed E-state index contributed by atoms with van der Waals surface area (Å²) in [6, 6.07) is 21.6. The van der Waals surface area contributed by atoms with Gasteiger partial charge in [0.1, 0.15) is 17.6 Å². The Morgan fingerprint density at radius 2 is 1.67 bits per heavy atom. The molecule has 0 aliphatic heterocycles. The van der Waals surface area contributed by atoms with Crippen molar-refractivity contribution < 1.29 is 18.7 Å². The molecule has 0 bridgehead atoms. The van der Waals surface area contributed by atoms with Crippen LogP contribution in [0.25, 0.3) is 0 Å². The molecule has 3 aromatic rings. The summed E-state index contributed by atoms with van der Waals surface area (Å²) >= 11 is 6.14. The zero-order valence-electron chi connectivity index (χ0n) is 18.3. The zero-order chi connectivity index (χ0) is 23.6. The van der Waals surface area contributed by atoms with E-state index in [0.717, 1.165) is 5.56 Å². The molecule has 1 atom stereocenters. The maximum Gasteiger partial charge on any atom is 0.261 e. The summed E-state index contributed by atoms with van der Waals surface area (Å²) < 4.78 is 20.1. The largest absolute Gasteiger partial charge is 0.482 e. The van der Waals surface area contributed by atoms with Gasteiger partial charge in [-0.3, -0.25) is 9.59 Å². The first-order chi connectivity index (χ1) is 16.0. The molecule has 0 radical (unpaired) electrons. The van der Waals surface area contributed by atoms with E-state index in [-0.39, 0.29) is 25.5 Å². The van der Waals surface area contributed by atoms with Crippen LogP contribution in [-0.2, 0) is 22.6 Å². The van der Waals surface area contributed by atoms with Gasteiger partial charge in [-0.25, -0.2) is 4.39 Å². The van der Waals surface area contributed by atoms with Crippen LogP contribution in [0.3, 0.4) is 0 Å².